The lowest BCUT2D eigenvalue weighted by Gasteiger charge is -2.21. The molecule has 1 aromatic heterocycles. The maximum Gasteiger partial charge on any atom is 0.325 e. The minimum atomic E-state index is -1.08. The maximum atomic E-state index is 12.6. The quantitative estimate of drug-likeness (QED) is 0.860. The molecule has 0 bridgehead atoms. The first kappa shape index (κ1) is 13.3. The fourth-order valence-electron chi connectivity index (χ4n) is 2.35. The lowest BCUT2D eigenvalue weighted by molar-refractivity contribution is -0.131. The number of nitrogens with zero attached hydrogens (tertiary/aromatic N) is 3. The van der Waals surface area contributed by atoms with Gasteiger partial charge in [0.05, 0.1) is 0 Å². The molecule has 108 valence electrons. The first-order valence-electron chi connectivity index (χ1n) is 6.49. The second-order valence-corrected chi connectivity index (χ2v) is 5.05. The average Bonchev–Trinajstić information content (AvgIpc) is 2.98. The van der Waals surface area contributed by atoms with Crippen LogP contribution in [0.1, 0.15) is 24.2 Å². The van der Waals surface area contributed by atoms with Crippen molar-refractivity contribution in [3.8, 4) is 0 Å². The van der Waals surface area contributed by atoms with Crippen LogP contribution in [-0.4, -0.2) is 27.0 Å². The van der Waals surface area contributed by atoms with Gasteiger partial charge in [0.1, 0.15) is 12.1 Å². The molecule has 1 aliphatic rings. The van der Waals surface area contributed by atoms with E-state index in [0.29, 0.717) is 5.82 Å². The summed E-state index contributed by atoms with van der Waals surface area (Å²) >= 11 is 0. The predicted molar refractivity (Wildman–Crippen MR) is 71.9 cm³/mol. The zero-order valence-corrected chi connectivity index (χ0v) is 11.7. The first-order valence-corrected chi connectivity index (χ1v) is 6.49. The van der Waals surface area contributed by atoms with E-state index < -0.39 is 11.6 Å². The van der Waals surface area contributed by atoms with Crippen LogP contribution in [0.15, 0.2) is 34.9 Å². The van der Waals surface area contributed by atoms with E-state index in [0.717, 1.165) is 10.5 Å². The van der Waals surface area contributed by atoms with Gasteiger partial charge in [0.15, 0.2) is 5.82 Å². The molecule has 2 aromatic rings. The Labute approximate surface area is 120 Å². The average molecular weight is 286 g/mol. The Morgan fingerprint density at radius 1 is 1.29 bits per heavy atom. The van der Waals surface area contributed by atoms with Gasteiger partial charge in [0.2, 0.25) is 5.89 Å². The van der Waals surface area contributed by atoms with Crippen LogP contribution >= 0.6 is 0 Å². The normalized spacial score (nSPS) is 21.7. The smallest absolute Gasteiger partial charge is 0.325 e. The van der Waals surface area contributed by atoms with Gasteiger partial charge in [-0.25, -0.2) is 4.79 Å². The molecule has 0 spiro atoms. The summed E-state index contributed by atoms with van der Waals surface area (Å²) < 4.78 is 4.96. The largest absolute Gasteiger partial charge is 0.337 e. The van der Waals surface area contributed by atoms with E-state index in [2.05, 4.69) is 15.5 Å². The molecule has 1 atom stereocenters. The topological polar surface area (TPSA) is 88.3 Å². The van der Waals surface area contributed by atoms with Gasteiger partial charge in [0.25, 0.3) is 5.91 Å². The van der Waals surface area contributed by atoms with Crippen molar-refractivity contribution in [3.05, 3.63) is 47.6 Å². The van der Waals surface area contributed by atoms with Crippen molar-refractivity contribution in [2.75, 3.05) is 0 Å². The van der Waals surface area contributed by atoms with E-state index in [1.165, 1.54) is 0 Å². The van der Waals surface area contributed by atoms with Crippen molar-refractivity contribution in [1.29, 1.82) is 0 Å². The van der Waals surface area contributed by atoms with Crippen molar-refractivity contribution < 1.29 is 14.1 Å². The van der Waals surface area contributed by atoms with E-state index >= 15 is 0 Å². The molecule has 3 rings (SSSR count). The van der Waals surface area contributed by atoms with Crippen LogP contribution in [0.2, 0.25) is 0 Å². The van der Waals surface area contributed by atoms with Gasteiger partial charge in [-0.15, -0.1) is 0 Å². The third kappa shape index (κ3) is 2.16. The van der Waals surface area contributed by atoms with Gasteiger partial charge in [-0.1, -0.05) is 35.5 Å². The molecule has 1 fully saturated rings. The third-order valence-corrected chi connectivity index (χ3v) is 3.49. The van der Waals surface area contributed by atoms with Gasteiger partial charge in [-0.3, -0.25) is 9.69 Å². The summed E-state index contributed by atoms with van der Waals surface area (Å²) in [5.74, 6) is 0.353. The van der Waals surface area contributed by atoms with Crippen molar-refractivity contribution in [2.24, 2.45) is 0 Å². The molecule has 0 aliphatic carbocycles. The van der Waals surface area contributed by atoms with Gasteiger partial charge in [0, 0.05) is 0 Å². The van der Waals surface area contributed by atoms with Crippen molar-refractivity contribution in [3.63, 3.8) is 0 Å². The van der Waals surface area contributed by atoms with Crippen molar-refractivity contribution in [1.82, 2.24) is 20.4 Å². The highest BCUT2D eigenvalue weighted by molar-refractivity contribution is 6.07. The number of benzene rings is 1. The summed E-state index contributed by atoms with van der Waals surface area (Å²) in [5, 5.41) is 6.37. The Kier molecular flexibility index (Phi) is 2.97. The molecule has 0 saturated carbocycles. The number of imide groups is 1. The Morgan fingerprint density at radius 2 is 2.00 bits per heavy atom. The first-order chi connectivity index (χ1) is 10.0. The van der Waals surface area contributed by atoms with E-state index in [9.17, 15) is 9.59 Å². The third-order valence-electron chi connectivity index (χ3n) is 3.49. The molecule has 1 saturated heterocycles. The molecule has 1 N–H and O–H groups in total. The van der Waals surface area contributed by atoms with Gasteiger partial charge < -0.3 is 9.84 Å². The Balaban J connectivity index is 1.88. The van der Waals surface area contributed by atoms with Gasteiger partial charge >= 0.3 is 6.03 Å². The molecule has 1 unspecified atom stereocenters. The van der Waals surface area contributed by atoms with Crippen LogP contribution in [0.25, 0.3) is 0 Å². The monoisotopic (exact) mass is 286 g/mol. The second-order valence-electron chi connectivity index (χ2n) is 5.05. The number of carbonyl (C=O) groups excluding carboxylic acids is 2. The number of urea groups is 1. The molecule has 21 heavy (non-hydrogen) atoms. The highest BCUT2D eigenvalue weighted by Crippen LogP contribution is 2.29. The van der Waals surface area contributed by atoms with Gasteiger partial charge in [-0.05, 0) is 19.4 Å². The van der Waals surface area contributed by atoms with E-state index in [-0.39, 0.29) is 18.3 Å². The summed E-state index contributed by atoms with van der Waals surface area (Å²) in [5.41, 5.74) is -0.347. The van der Waals surface area contributed by atoms with E-state index in [1.807, 2.05) is 18.2 Å². The molecule has 0 radical (unpaired) electrons. The lowest BCUT2D eigenvalue weighted by atomic mass is 9.92. The summed E-state index contributed by atoms with van der Waals surface area (Å²) in [6.45, 7) is 3.32. The number of hydrogen-bond acceptors (Lipinski definition) is 5. The number of carbonyl (C=O) groups is 2. The zero-order valence-electron chi connectivity index (χ0n) is 11.7. The standard InChI is InChI=1S/C14H14N4O3/c1-9-15-11(21-17-9)8-18-12(19)14(2,16-13(18)20)10-6-4-3-5-7-10/h3-7H,8H2,1-2H3,(H,16,20). The molecular weight excluding hydrogens is 272 g/mol. The fourth-order valence-corrected chi connectivity index (χ4v) is 2.35. The molecular formula is C14H14N4O3. The SMILES string of the molecule is Cc1noc(CN2C(=O)NC(C)(c3ccccc3)C2=O)n1. The van der Waals surface area contributed by atoms with Crippen LogP contribution in [0, 0.1) is 6.92 Å². The highest BCUT2D eigenvalue weighted by atomic mass is 16.5. The Bertz CT molecular complexity index is 697. The predicted octanol–water partition coefficient (Wildman–Crippen LogP) is 1.35. The lowest BCUT2D eigenvalue weighted by Crippen LogP contribution is -2.40. The summed E-state index contributed by atoms with van der Waals surface area (Å²) in [6.07, 6.45) is 0. The van der Waals surface area contributed by atoms with Gasteiger partial charge in [-0.2, -0.15) is 4.98 Å². The maximum absolute atomic E-state index is 12.6. The minimum Gasteiger partial charge on any atom is -0.337 e. The molecule has 7 heteroatoms. The van der Waals surface area contributed by atoms with E-state index in [4.69, 9.17) is 4.52 Å². The van der Waals surface area contributed by atoms with Crippen LogP contribution in [0.3, 0.4) is 0 Å². The molecule has 7 nitrogen and oxygen atoms in total. The van der Waals surface area contributed by atoms with Crippen LogP contribution < -0.4 is 5.32 Å². The Morgan fingerprint density at radius 3 is 2.62 bits per heavy atom. The highest BCUT2D eigenvalue weighted by Gasteiger charge is 2.49. The van der Waals surface area contributed by atoms with Crippen molar-refractivity contribution in [2.45, 2.75) is 25.9 Å². The Hall–Kier alpha value is -2.70. The number of hydrogen-bond donors (Lipinski definition) is 1. The molecule has 2 heterocycles. The fraction of sp³-hybridized carbons (Fsp3) is 0.286. The number of amides is 3. The molecule has 1 aromatic carbocycles. The van der Waals surface area contributed by atoms with Crippen molar-refractivity contribution >= 4 is 11.9 Å². The number of aromatic nitrogens is 2. The second kappa shape index (κ2) is 4.69. The molecule has 1 aliphatic heterocycles. The number of nitrogens with one attached hydrogen (secondary N) is 1. The summed E-state index contributed by atoms with van der Waals surface area (Å²) in [7, 11) is 0. The van der Waals surface area contributed by atoms with Crippen LogP contribution in [0.4, 0.5) is 4.79 Å². The zero-order chi connectivity index (χ0) is 15.0. The number of rotatable bonds is 3. The van der Waals surface area contributed by atoms with Crippen LogP contribution in [0.5, 0.6) is 0 Å². The van der Waals surface area contributed by atoms with Crippen LogP contribution in [-0.2, 0) is 16.9 Å². The summed E-state index contributed by atoms with van der Waals surface area (Å²) in [4.78, 5) is 29.8. The minimum absolute atomic E-state index is 0.0338. The van der Waals surface area contributed by atoms with E-state index in [1.54, 1.807) is 26.0 Å². The number of aryl methyl sites for hydroxylation is 1. The molecule has 3 amide bonds. The summed E-state index contributed by atoms with van der Waals surface area (Å²) in [6, 6.07) is 8.64.